The maximum absolute atomic E-state index is 5.55. The van der Waals surface area contributed by atoms with Crippen molar-refractivity contribution in [1.29, 1.82) is 0 Å². The van der Waals surface area contributed by atoms with E-state index in [2.05, 4.69) is 140 Å². The molecular weight excluding hydrogens is 496 g/mol. The summed E-state index contributed by atoms with van der Waals surface area (Å²) in [5.74, 6) is 0.973. The Balaban J connectivity index is 1.52. The summed E-state index contributed by atoms with van der Waals surface area (Å²) in [5, 5.41) is 12.6. The van der Waals surface area contributed by atoms with E-state index in [1.165, 1.54) is 65.0 Å². The Kier molecular flexibility index (Phi) is 4.49. The number of imidazole rings is 1. The Morgan fingerprint density at radius 1 is 0.488 bits per heavy atom. The van der Waals surface area contributed by atoms with Crippen LogP contribution in [0.4, 0.5) is 0 Å². The highest BCUT2D eigenvalue weighted by atomic mass is 15.1. The van der Waals surface area contributed by atoms with Crippen LogP contribution in [0.3, 0.4) is 0 Å². The fourth-order valence-corrected chi connectivity index (χ4v) is 6.97. The molecule has 192 valence electrons. The molecule has 0 fully saturated rings. The number of aromatic nitrogens is 2. The van der Waals surface area contributed by atoms with Crippen molar-refractivity contribution in [2.24, 2.45) is 0 Å². The van der Waals surface area contributed by atoms with Gasteiger partial charge in [0.15, 0.2) is 0 Å². The largest absolute Gasteiger partial charge is 0.292 e. The zero-order valence-corrected chi connectivity index (χ0v) is 22.9. The molecule has 0 aliphatic heterocycles. The molecule has 9 rings (SSSR count). The Hall–Kier alpha value is -5.21. The number of rotatable bonds is 2. The summed E-state index contributed by atoms with van der Waals surface area (Å²) in [6.45, 7) is 4.34. The van der Waals surface area contributed by atoms with Crippen LogP contribution in [-0.2, 0) is 0 Å². The minimum atomic E-state index is 0.973. The van der Waals surface area contributed by atoms with E-state index in [1.807, 2.05) is 0 Å². The molecule has 1 aromatic heterocycles. The van der Waals surface area contributed by atoms with E-state index < -0.39 is 0 Å². The van der Waals surface area contributed by atoms with E-state index in [-0.39, 0.29) is 0 Å². The van der Waals surface area contributed by atoms with Crippen molar-refractivity contribution in [1.82, 2.24) is 9.55 Å². The molecule has 0 radical (unpaired) electrons. The molecule has 0 N–H and O–H groups in total. The van der Waals surface area contributed by atoms with E-state index in [4.69, 9.17) is 4.98 Å². The molecule has 2 nitrogen and oxygen atoms in total. The third-order valence-corrected chi connectivity index (χ3v) is 8.81. The van der Waals surface area contributed by atoms with Gasteiger partial charge in [0.1, 0.15) is 5.82 Å². The minimum Gasteiger partial charge on any atom is -0.292 e. The first kappa shape index (κ1) is 22.6. The lowest BCUT2D eigenvalue weighted by Crippen LogP contribution is -1.99. The smallest absolute Gasteiger partial charge is 0.146 e. The lowest BCUT2D eigenvalue weighted by Gasteiger charge is -2.16. The van der Waals surface area contributed by atoms with Crippen molar-refractivity contribution < 1.29 is 0 Å². The maximum atomic E-state index is 5.55. The second-order valence-corrected chi connectivity index (χ2v) is 11.4. The van der Waals surface area contributed by atoms with E-state index in [0.29, 0.717) is 0 Å². The van der Waals surface area contributed by atoms with Crippen molar-refractivity contribution in [2.75, 3.05) is 0 Å². The Labute approximate surface area is 237 Å². The molecule has 1 heterocycles. The van der Waals surface area contributed by atoms with Gasteiger partial charge in [0.05, 0.1) is 11.0 Å². The molecule has 41 heavy (non-hydrogen) atoms. The minimum absolute atomic E-state index is 0.973. The highest BCUT2D eigenvalue weighted by molar-refractivity contribution is 6.27. The third-order valence-electron chi connectivity index (χ3n) is 8.81. The second kappa shape index (κ2) is 8.16. The standard InChI is InChI=1S/C39H26N2/c1-23-11-17-29-30-18-12-24(2)22-34(30)38-37(33(29)21-23)40-39(41(38)28-9-4-3-5-10-28)32-20-16-27-14-13-25-7-6-8-26-15-19-31(32)36(27)35(25)26/h3-22H,1-2H3. The molecule has 0 saturated carbocycles. The fraction of sp³-hybridized carbons (Fsp3) is 0.0513. The summed E-state index contributed by atoms with van der Waals surface area (Å²) in [6.07, 6.45) is 0. The van der Waals surface area contributed by atoms with Crippen LogP contribution in [0.15, 0.2) is 121 Å². The van der Waals surface area contributed by atoms with Crippen LogP contribution in [0, 0.1) is 13.8 Å². The lowest BCUT2D eigenvalue weighted by atomic mass is 9.92. The summed E-state index contributed by atoms with van der Waals surface area (Å²) in [4.78, 5) is 5.55. The number of nitrogens with zero attached hydrogens (tertiary/aromatic N) is 2. The van der Waals surface area contributed by atoms with Crippen LogP contribution >= 0.6 is 0 Å². The quantitative estimate of drug-likeness (QED) is 0.206. The van der Waals surface area contributed by atoms with Crippen molar-refractivity contribution in [3.05, 3.63) is 132 Å². The van der Waals surface area contributed by atoms with Crippen LogP contribution in [0.1, 0.15) is 11.1 Å². The number of hydrogen-bond acceptors (Lipinski definition) is 1. The van der Waals surface area contributed by atoms with Gasteiger partial charge in [-0.25, -0.2) is 4.98 Å². The first-order valence-corrected chi connectivity index (χ1v) is 14.2. The average molecular weight is 523 g/mol. The summed E-state index contributed by atoms with van der Waals surface area (Å²) < 4.78 is 2.39. The number of hydrogen-bond donors (Lipinski definition) is 0. The Morgan fingerprint density at radius 3 is 1.85 bits per heavy atom. The topological polar surface area (TPSA) is 17.8 Å². The Morgan fingerprint density at radius 2 is 1.10 bits per heavy atom. The van der Waals surface area contributed by atoms with E-state index >= 15 is 0 Å². The molecule has 8 aromatic carbocycles. The van der Waals surface area contributed by atoms with Gasteiger partial charge in [-0.05, 0) is 87.3 Å². The molecular formula is C39H26N2. The molecule has 2 heteroatoms. The fourth-order valence-electron chi connectivity index (χ4n) is 6.97. The zero-order chi connectivity index (χ0) is 27.2. The molecule has 0 amide bonds. The van der Waals surface area contributed by atoms with Crippen molar-refractivity contribution in [3.8, 4) is 17.1 Å². The van der Waals surface area contributed by atoms with Gasteiger partial charge >= 0.3 is 0 Å². The van der Waals surface area contributed by atoms with Gasteiger partial charge in [-0.2, -0.15) is 0 Å². The van der Waals surface area contributed by atoms with E-state index in [9.17, 15) is 0 Å². The van der Waals surface area contributed by atoms with Gasteiger partial charge < -0.3 is 0 Å². The van der Waals surface area contributed by atoms with Gasteiger partial charge in [0.25, 0.3) is 0 Å². The van der Waals surface area contributed by atoms with Gasteiger partial charge in [-0.1, -0.05) is 102 Å². The lowest BCUT2D eigenvalue weighted by molar-refractivity contribution is 1.11. The summed E-state index contributed by atoms with van der Waals surface area (Å²) >= 11 is 0. The molecule has 9 aromatic rings. The van der Waals surface area contributed by atoms with Gasteiger partial charge in [0.2, 0.25) is 0 Å². The van der Waals surface area contributed by atoms with Crippen LogP contribution < -0.4 is 0 Å². The van der Waals surface area contributed by atoms with Crippen molar-refractivity contribution in [2.45, 2.75) is 13.8 Å². The summed E-state index contributed by atoms with van der Waals surface area (Å²) in [6, 6.07) is 44.5. The predicted octanol–water partition coefficient (Wildman–Crippen LogP) is 10.5. The van der Waals surface area contributed by atoms with E-state index in [0.717, 1.165) is 28.1 Å². The molecule has 0 aliphatic carbocycles. The number of benzene rings is 8. The molecule has 0 aliphatic rings. The molecule has 0 spiro atoms. The third kappa shape index (κ3) is 3.10. The summed E-state index contributed by atoms with van der Waals surface area (Å²) in [7, 11) is 0. The van der Waals surface area contributed by atoms with Crippen molar-refractivity contribution >= 4 is 64.9 Å². The first-order valence-electron chi connectivity index (χ1n) is 14.2. The monoisotopic (exact) mass is 522 g/mol. The number of aryl methyl sites for hydroxylation is 2. The highest BCUT2D eigenvalue weighted by Crippen LogP contribution is 2.43. The predicted molar refractivity (Wildman–Crippen MR) is 175 cm³/mol. The molecule has 0 atom stereocenters. The van der Waals surface area contributed by atoms with Crippen LogP contribution in [0.2, 0.25) is 0 Å². The summed E-state index contributed by atoms with van der Waals surface area (Å²) in [5.41, 5.74) is 6.96. The Bertz CT molecular complexity index is 2470. The number of fused-ring (bicyclic) bond motifs is 6. The molecule has 0 unspecified atom stereocenters. The molecule has 0 bridgehead atoms. The van der Waals surface area contributed by atoms with Crippen molar-refractivity contribution in [3.63, 3.8) is 0 Å². The van der Waals surface area contributed by atoms with Crippen LogP contribution in [0.25, 0.3) is 82.0 Å². The number of para-hydroxylation sites is 1. The van der Waals surface area contributed by atoms with Crippen LogP contribution in [0.5, 0.6) is 0 Å². The van der Waals surface area contributed by atoms with Crippen LogP contribution in [-0.4, -0.2) is 9.55 Å². The SMILES string of the molecule is Cc1ccc2c3ccc(C)cc3c3c(nc(-c4ccc5ccc6cccc7ccc4c5c67)n3-c3ccccc3)c2c1. The average Bonchev–Trinajstić information content (AvgIpc) is 3.41. The van der Waals surface area contributed by atoms with Gasteiger partial charge in [-0.15, -0.1) is 0 Å². The first-order chi connectivity index (χ1) is 20.2. The highest BCUT2D eigenvalue weighted by Gasteiger charge is 2.22. The van der Waals surface area contributed by atoms with E-state index in [1.54, 1.807) is 0 Å². The van der Waals surface area contributed by atoms with Gasteiger partial charge in [0, 0.05) is 22.0 Å². The normalized spacial score (nSPS) is 12.1. The second-order valence-electron chi connectivity index (χ2n) is 11.4. The maximum Gasteiger partial charge on any atom is 0.146 e. The van der Waals surface area contributed by atoms with Gasteiger partial charge in [-0.3, -0.25) is 4.57 Å². The molecule has 0 saturated heterocycles. The zero-order valence-electron chi connectivity index (χ0n) is 22.9.